The Labute approximate surface area is 122 Å². The fourth-order valence-electron chi connectivity index (χ4n) is 2.31. The third-order valence-electron chi connectivity index (χ3n) is 3.69. The Balaban J connectivity index is 2.46. The van der Waals surface area contributed by atoms with Crippen molar-refractivity contribution in [3.8, 4) is 0 Å². The fraction of sp³-hybridized carbons (Fsp3) is 0.333. The van der Waals surface area contributed by atoms with Crippen molar-refractivity contribution in [2.24, 2.45) is 0 Å². The lowest BCUT2D eigenvalue weighted by atomic mass is 9.86. The van der Waals surface area contributed by atoms with Gasteiger partial charge >= 0.3 is 0 Å². The van der Waals surface area contributed by atoms with E-state index in [-0.39, 0.29) is 5.41 Å². The van der Waals surface area contributed by atoms with E-state index in [0.717, 1.165) is 11.4 Å². The van der Waals surface area contributed by atoms with Crippen molar-refractivity contribution in [3.63, 3.8) is 0 Å². The van der Waals surface area contributed by atoms with Gasteiger partial charge in [0.25, 0.3) is 0 Å². The average molecular weight is 268 g/mol. The summed E-state index contributed by atoms with van der Waals surface area (Å²) in [7, 11) is 2.09. The summed E-state index contributed by atoms with van der Waals surface area (Å²) in [5.41, 5.74) is 11.8. The number of nitrogens with zero attached hydrogens (tertiary/aromatic N) is 1. The summed E-state index contributed by atoms with van der Waals surface area (Å²) >= 11 is 0. The van der Waals surface area contributed by atoms with Gasteiger partial charge in [0.05, 0.1) is 0 Å². The third-order valence-corrected chi connectivity index (χ3v) is 3.69. The molecular weight excluding hydrogens is 244 g/mol. The van der Waals surface area contributed by atoms with E-state index in [1.807, 2.05) is 18.2 Å². The lowest BCUT2D eigenvalue weighted by Gasteiger charge is -2.26. The van der Waals surface area contributed by atoms with Crippen molar-refractivity contribution < 1.29 is 0 Å². The number of rotatable bonds is 2. The predicted octanol–water partition coefficient (Wildman–Crippen LogP) is 4.64. The summed E-state index contributed by atoms with van der Waals surface area (Å²) in [6, 6.07) is 14.7. The van der Waals surface area contributed by atoms with Gasteiger partial charge in [-0.15, -0.1) is 0 Å². The predicted molar refractivity (Wildman–Crippen MR) is 88.8 cm³/mol. The molecule has 2 N–H and O–H groups in total. The molecule has 2 nitrogen and oxygen atoms in total. The fourth-order valence-corrected chi connectivity index (χ4v) is 2.31. The Kier molecular flexibility index (Phi) is 3.76. The summed E-state index contributed by atoms with van der Waals surface area (Å²) in [4.78, 5) is 2.20. The third kappa shape index (κ3) is 2.96. The van der Waals surface area contributed by atoms with Gasteiger partial charge in [0.1, 0.15) is 0 Å². The van der Waals surface area contributed by atoms with Crippen molar-refractivity contribution in [2.75, 3.05) is 17.7 Å². The molecule has 0 fully saturated rings. The van der Waals surface area contributed by atoms with Crippen molar-refractivity contribution in [1.29, 1.82) is 0 Å². The normalized spacial score (nSPS) is 11.4. The van der Waals surface area contributed by atoms with E-state index >= 15 is 0 Å². The van der Waals surface area contributed by atoms with Crippen LogP contribution in [-0.4, -0.2) is 7.05 Å². The molecule has 0 amide bonds. The molecule has 20 heavy (non-hydrogen) atoms. The van der Waals surface area contributed by atoms with Gasteiger partial charge in [-0.25, -0.2) is 0 Å². The van der Waals surface area contributed by atoms with Crippen LogP contribution in [0, 0.1) is 6.92 Å². The molecule has 2 aromatic carbocycles. The van der Waals surface area contributed by atoms with Crippen molar-refractivity contribution in [1.82, 2.24) is 0 Å². The number of anilines is 3. The molecule has 0 aliphatic rings. The quantitative estimate of drug-likeness (QED) is 0.804. The molecule has 0 saturated heterocycles. The molecular formula is C18H24N2. The van der Waals surface area contributed by atoms with Gasteiger partial charge < -0.3 is 10.6 Å². The molecule has 0 heterocycles. The maximum Gasteiger partial charge on any atom is 0.0440 e. The summed E-state index contributed by atoms with van der Waals surface area (Å²) in [5, 5.41) is 0. The van der Waals surface area contributed by atoms with Gasteiger partial charge in [0.2, 0.25) is 0 Å². The van der Waals surface area contributed by atoms with Gasteiger partial charge in [-0.1, -0.05) is 39.0 Å². The van der Waals surface area contributed by atoms with Crippen LogP contribution in [0.15, 0.2) is 42.5 Å². The first-order valence-corrected chi connectivity index (χ1v) is 6.99. The van der Waals surface area contributed by atoms with E-state index in [0.29, 0.717) is 0 Å². The minimum absolute atomic E-state index is 0.152. The molecule has 0 aromatic heterocycles. The summed E-state index contributed by atoms with van der Waals surface area (Å²) in [6.07, 6.45) is 0. The number of aryl methyl sites for hydroxylation is 1. The van der Waals surface area contributed by atoms with Crippen LogP contribution in [0.2, 0.25) is 0 Å². The first-order chi connectivity index (χ1) is 9.29. The van der Waals surface area contributed by atoms with Crippen LogP contribution in [0.5, 0.6) is 0 Å². The Bertz CT molecular complexity index is 609. The van der Waals surface area contributed by atoms with E-state index < -0.39 is 0 Å². The van der Waals surface area contributed by atoms with E-state index in [9.17, 15) is 0 Å². The van der Waals surface area contributed by atoms with Gasteiger partial charge in [0.15, 0.2) is 0 Å². The monoisotopic (exact) mass is 268 g/mol. The van der Waals surface area contributed by atoms with Crippen LogP contribution >= 0.6 is 0 Å². The van der Waals surface area contributed by atoms with Crippen molar-refractivity contribution in [3.05, 3.63) is 53.6 Å². The molecule has 0 spiro atoms. The highest BCUT2D eigenvalue weighted by atomic mass is 15.1. The van der Waals surface area contributed by atoms with E-state index in [1.165, 1.54) is 16.8 Å². The number of hydrogen-bond donors (Lipinski definition) is 1. The summed E-state index contributed by atoms with van der Waals surface area (Å²) < 4.78 is 0. The minimum Gasteiger partial charge on any atom is -0.399 e. The zero-order valence-electron chi connectivity index (χ0n) is 13.1. The van der Waals surface area contributed by atoms with Crippen LogP contribution in [0.25, 0.3) is 0 Å². The molecule has 0 unspecified atom stereocenters. The largest absolute Gasteiger partial charge is 0.399 e. The maximum atomic E-state index is 5.89. The highest BCUT2D eigenvalue weighted by Gasteiger charge is 2.16. The standard InChI is InChI=1S/C18H24N2/c1-13-9-10-14(18(2,3)4)11-17(13)20(5)16-8-6-7-15(19)12-16/h6-12H,19H2,1-5H3. The highest BCUT2D eigenvalue weighted by Crippen LogP contribution is 2.32. The van der Waals surface area contributed by atoms with E-state index in [2.05, 4.69) is 63.9 Å². The Morgan fingerprint density at radius 2 is 1.70 bits per heavy atom. The second-order valence-electron chi connectivity index (χ2n) is 6.41. The van der Waals surface area contributed by atoms with Crippen LogP contribution in [-0.2, 0) is 5.41 Å². The van der Waals surface area contributed by atoms with Crippen molar-refractivity contribution in [2.45, 2.75) is 33.1 Å². The lowest BCUT2D eigenvalue weighted by Crippen LogP contribution is -2.15. The number of nitrogens with two attached hydrogens (primary N) is 1. The second-order valence-corrected chi connectivity index (χ2v) is 6.41. The van der Waals surface area contributed by atoms with Gasteiger partial charge in [-0.2, -0.15) is 0 Å². The summed E-state index contributed by atoms with van der Waals surface area (Å²) in [6.45, 7) is 8.86. The number of hydrogen-bond acceptors (Lipinski definition) is 2. The van der Waals surface area contributed by atoms with Gasteiger partial charge in [-0.3, -0.25) is 0 Å². The Morgan fingerprint density at radius 3 is 2.30 bits per heavy atom. The van der Waals surface area contributed by atoms with E-state index in [1.54, 1.807) is 0 Å². The van der Waals surface area contributed by atoms with Crippen LogP contribution < -0.4 is 10.6 Å². The number of benzene rings is 2. The molecule has 2 heteroatoms. The average Bonchev–Trinajstić information content (AvgIpc) is 2.37. The summed E-state index contributed by atoms with van der Waals surface area (Å²) in [5.74, 6) is 0. The van der Waals surface area contributed by atoms with Crippen LogP contribution in [0.1, 0.15) is 31.9 Å². The molecule has 0 aliphatic heterocycles. The first-order valence-electron chi connectivity index (χ1n) is 6.99. The minimum atomic E-state index is 0.152. The topological polar surface area (TPSA) is 29.3 Å². The molecule has 0 bridgehead atoms. The SMILES string of the molecule is Cc1ccc(C(C)(C)C)cc1N(C)c1cccc(N)c1. The van der Waals surface area contributed by atoms with Gasteiger partial charge in [0, 0.05) is 24.1 Å². The molecule has 2 rings (SSSR count). The lowest BCUT2D eigenvalue weighted by molar-refractivity contribution is 0.590. The molecule has 0 saturated carbocycles. The van der Waals surface area contributed by atoms with Crippen LogP contribution in [0.3, 0.4) is 0 Å². The van der Waals surface area contributed by atoms with E-state index in [4.69, 9.17) is 5.73 Å². The zero-order chi connectivity index (χ0) is 14.9. The molecule has 2 aromatic rings. The molecule has 106 valence electrons. The number of nitrogen functional groups attached to an aromatic ring is 1. The van der Waals surface area contributed by atoms with Crippen LogP contribution in [0.4, 0.5) is 17.1 Å². The van der Waals surface area contributed by atoms with Crippen molar-refractivity contribution >= 4 is 17.1 Å². The maximum absolute atomic E-state index is 5.89. The zero-order valence-corrected chi connectivity index (χ0v) is 13.1. The Hall–Kier alpha value is -1.96. The molecule has 0 aliphatic carbocycles. The highest BCUT2D eigenvalue weighted by molar-refractivity contribution is 5.69. The molecule has 0 atom stereocenters. The molecule has 0 radical (unpaired) electrons. The first kappa shape index (κ1) is 14.4. The Morgan fingerprint density at radius 1 is 1.00 bits per heavy atom. The smallest absolute Gasteiger partial charge is 0.0440 e. The second kappa shape index (κ2) is 5.20. The van der Waals surface area contributed by atoms with Gasteiger partial charge in [-0.05, 0) is 47.7 Å².